The lowest BCUT2D eigenvalue weighted by molar-refractivity contribution is 0.102. The lowest BCUT2D eigenvalue weighted by Crippen LogP contribution is -2.29. The van der Waals surface area contributed by atoms with Crippen molar-refractivity contribution < 1.29 is 9.13 Å². The molecule has 2 atom stereocenters. The Morgan fingerprint density at radius 2 is 2.15 bits per heavy atom. The molecular formula is C18H23FN6O. The molecule has 7 nitrogen and oxygen atoms in total. The minimum atomic E-state index is -0.609. The number of ether oxygens (including phenoxy) is 1. The summed E-state index contributed by atoms with van der Waals surface area (Å²) >= 11 is 0. The third-order valence-corrected chi connectivity index (χ3v) is 5.05. The first-order valence-corrected chi connectivity index (χ1v) is 8.93. The van der Waals surface area contributed by atoms with Crippen LogP contribution in [0.5, 0.6) is 0 Å². The molecule has 2 aromatic heterocycles. The zero-order valence-corrected chi connectivity index (χ0v) is 14.8. The summed E-state index contributed by atoms with van der Waals surface area (Å²) in [5.74, 6) is 1.53. The molecule has 0 saturated heterocycles. The van der Waals surface area contributed by atoms with Crippen molar-refractivity contribution in [2.24, 2.45) is 0 Å². The van der Waals surface area contributed by atoms with Gasteiger partial charge in [-0.25, -0.2) is 9.97 Å². The molecule has 2 aromatic rings. The minimum Gasteiger partial charge on any atom is -0.476 e. The highest BCUT2D eigenvalue weighted by molar-refractivity contribution is 5.50. The maximum atomic E-state index is 12.8. The highest BCUT2D eigenvalue weighted by Gasteiger charge is 2.38. The molecule has 2 saturated carbocycles. The Labute approximate surface area is 151 Å². The van der Waals surface area contributed by atoms with Crippen LogP contribution < -0.4 is 10.6 Å². The Hall–Kier alpha value is -2.64. The topological polar surface area (TPSA) is 87.8 Å². The Kier molecular flexibility index (Phi) is 4.26. The van der Waals surface area contributed by atoms with Gasteiger partial charge in [-0.05, 0) is 45.6 Å². The predicted octanol–water partition coefficient (Wildman–Crippen LogP) is 3.35. The lowest BCUT2D eigenvalue weighted by Gasteiger charge is -2.20. The van der Waals surface area contributed by atoms with Crippen LogP contribution in [0.4, 0.5) is 16.0 Å². The first kappa shape index (κ1) is 16.8. The number of aromatic nitrogens is 4. The van der Waals surface area contributed by atoms with Gasteiger partial charge in [0.1, 0.15) is 11.9 Å². The molecule has 0 spiro atoms. The standard InChI is InChI=1S/C18H23FN6O/c1-11(23-18(2)5-6-18)26-13-4-3-12(7-13)14-8-16(25-24-14)22-17-10-20-15(19)9-21-17/h8-10,12-13,23H,1,3-7H2,2H3,(H2,21,22,24,25)/t12-,13+/m0/s1. The van der Waals surface area contributed by atoms with Crippen molar-refractivity contribution in [3.05, 3.63) is 42.6 Å². The molecule has 2 heterocycles. The van der Waals surface area contributed by atoms with E-state index in [4.69, 9.17) is 4.74 Å². The molecule has 0 bridgehead atoms. The quantitative estimate of drug-likeness (QED) is 0.658. The molecule has 0 aliphatic heterocycles. The van der Waals surface area contributed by atoms with Gasteiger partial charge in [-0.1, -0.05) is 0 Å². The van der Waals surface area contributed by atoms with Gasteiger partial charge < -0.3 is 15.4 Å². The van der Waals surface area contributed by atoms with E-state index in [-0.39, 0.29) is 11.6 Å². The fourth-order valence-corrected chi connectivity index (χ4v) is 3.33. The summed E-state index contributed by atoms with van der Waals surface area (Å²) in [7, 11) is 0. The van der Waals surface area contributed by atoms with Crippen LogP contribution >= 0.6 is 0 Å². The van der Waals surface area contributed by atoms with Crippen LogP contribution in [-0.2, 0) is 4.74 Å². The van der Waals surface area contributed by atoms with E-state index >= 15 is 0 Å². The van der Waals surface area contributed by atoms with E-state index < -0.39 is 5.95 Å². The largest absolute Gasteiger partial charge is 0.476 e. The van der Waals surface area contributed by atoms with Gasteiger partial charge in [0.2, 0.25) is 5.95 Å². The number of hydrogen-bond acceptors (Lipinski definition) is 6. The van der Waals surface area contributed by atoms with Gasteiger partial charge in [0.15, 0.2) is 11.7 Å². The fourth-order valence-electron chi connectivity index (χ4n) is 3.33. The van der Waals surface area contributed by atoms with Crippen LogP contribution in [0.2, 0.25) is 0 Å². The summed E-state index contributed by atoms with van der Waals surface area (Å²) < 4.78 is 18.8. The fraction of sp³-hybridized carbons (Fsp3) is 0.500. The van der Waals surface area contributed by atoms with Crippen LogP contribution in [0.25, 0.3) is 0 Å². The van der Waals surface area contributed by atoms with Gasteiger partial charge in [-0.3, -0.25) is 5.10 Å². The Bertz CT molecular complexity index is 785. The van der Waals surface area contributed by atoms with Crippen LogP contribution in [-0.4, -0.2) is 31.8 Å². The van der Waals surface area contributed by atoms with Crippen LogP contribution in [0.1, 0.15) is 50.6 Å². The molecule has 8 heteroatoms. The zero-order chi connectivity index (χ0) is 18.1. The van der Waals surface area contributed by atoms with Gasteiger partial charge in [0.05, 0.1) is 12.4 Å². The Morgan fingerprint density at radius 1 is 1.31 bits per heavy atom. The third kappa shape index (κ3) is 3.95. The highest BCUT2D eigenvalue weighted by Crippen LogP contribution is 2.38. The summed E-state index contributed by atoms with van der Waals surface area (Å²) in [6, 6.07) is 1.95. The van der Waals surface area contributed by atoms with Gasteiger partial charge >= 0.3 is 0 Å². The molecule has 2 aliphatic carbocycles. The van der Waals surface area contributed by atoms with Crippen LogP contribution in [0.3, 0.4) is 0 Å². The summed E-state index contributed by atoms with van der Waals surface area (Å²) in [6.45, 7) is 6.18. The summed E-state index contributed by atoms with van der Waals surface area (Å²) in [5.41, 5.74) is 1.24. The van der Waals surface area contributed by atoms with Crippen molar-refractivity contribution in [1.29, 1.82) is 0 Å². The number of anilines is 2. The van der Waals surface area contributed by atoms with E-state index in [0.717, 1.165) is 31.2 Å². The second-order valence-corrected chi connectivity index (χ2v) is 7.42. The molecule has 0 unspecified atom stereocenters. The number of aromatic amines is 1. The van der Waals surface area contributed by atoms with Crippen LogP contribution in [0.15, 0.2) is 30.9 Å². The van der Waals surface area contributed by atoms with Gasteiger partial charge in [0.25, 0.3) is 0 Å². The average Bonchev–Trinajstić information content (AvgIpc) is 3.01. The second kappa shape index (κ2) is 6.59. The van der Waals surface area contributed by atoms with E-state index in [0.29, 0.717) is 23.4 Å². The summed E-state index contributed by atoms with van der Waals surface area (Å²) in [6.07, 6.45) is 7.87. The monoisotopic (exact) mass is 358 g/mol. The van der Waals surface area contributed by atoms with E-state index in [1.165, 1.54) is 19.0 Å². The van der Waals surface area contributed by atoms with Crippen molar-refractivity contribution in [3.8, 4) is 0 Å². The molecule has 2 fully saturated rings. The molecule has 0 radical (unpaired) electrons. The lowest BCUT2D eigenvalue weighted by atomic mass is 10.0. The second-order valence-electron chi connectivity index (χ2n) is 7.42. The van der Waals surface area contributed by atoms with E-state index in [1.54, 1.807) is 0 Å². The van der Waals surface area contributed by atoms with Crippen molar-refractivity contribution in [2.75, 3.05) is 5.32 Å². The van der Waals surface area contributed by atoms with Gasteiger partial charge in [0, 0.05) is 23.2 Å². The smallest absolute Gasteiger partial charge is 0.231 e. The highest BCUT2D eigenvalue weighted by atomic mass is 19.1. The van der Waals surface area contributed by atoms with E-state index in [9.17, 15) is 4.39 Å². The maximum Gasteiger partial charge on any atom is 0.231 e. The number of nitrogens with zero attached hydrogens (tertiary/aromatic N) is 3. The first-order valence-electron chi connectivity index (χ1n) is 8.93. The molecule has 26 heavy (non-hydrogen) atoms. The third-order valence-electron chi connectivity index (χ3n) is 5.05. The molecule has 0 amide bonds. The molecular weight excluding hydrogens is 335 g/mol. The number of hydrogen-bond donors (Lipinski definition) is 3. The van der Waals surface area contributed by atoms with E-state index in [2.05, 4.69) is 44.3 Å². The molecule has 4 rings (SSSR count). The first-order chi connectivity index (χ1) is 12.5. The normalized spacial score (nSPS) is 23.5. The number of nitrogens with one attached hydrogen (secondary N) is 3. The molecule has 3 N–H and O–H groups in total. The predicted molar refractivity (Wildman–Crippen MR) is 95.2 cm³/mol. The average molecular weight is 358 g/mol. The Balaban J connectivity index is 1.30. The number of H-pyrrole nitrogens is 1. The van der Waals surface area contributed by atoms with Gasteiger partial charge in [-0.2, -0.15) is 9.49 Å². The van der Waals surface area contributed by atoms with Crippen molar-refractivity contribution in [1.82, 2.24) is 25.5 Å². The van der Waals surface area contributed by atoms with E-state index in [1.807, 2.05) is 6.07 Å². The zero-order valence-electron chi connectivity index (χ0n) is 14.8. The molecule has 2 aliphatic rings. The SMILES string of the molecule is C=C(NC1(C)CC1)O[C@@H]1CC[C@H](c2cc(Nc3cnc(F)cn3)n[nH]2)C1. The van der Waals surface area contributed by atoms with Crippen LogP contribution in [0, 0.1) is 5.95 Å². The van der Waals surface area contributed by atoms with Crippen molar-refractivity contribution >= 4 is 11.6 Å². The summed E-state index contributed by atoms with van der Waals surface area (Å²) in [4.78, 5) is 7.49. The molecule has 0 aromatic carbocycles. The maximum absolute atomic E-state index is 12.8. The minimum absolute atomic E-state index is 0.171. The van der Waals surface area contributed by atoms with Crippen molar-refractivity contribution in [3.63, 3.8) is 0 Å². The summed E-state index contributed by atoms with van der Waals surface area (Å²) in [5, 5.41) is 13.7. The number of halogens is 1. The molecule has 138 valence electrons. The van der Waals surface area contributed by atoms with Gasteiger partial charge in [-0.15, -0.1) is 0 Å². The van der Waals surface area contributed by atoms with Crippen molar-refractivity contribution in [2.45, 2.75) is 56.6 Å². The number of rotatable bonds is 7. The Morgan fingerprint density at radius 3 is 2.88 bits per heavy atom.